The van der Waals surface area contributed by atoms with Gasteiger partial charge in [-0.05, 0) is 19.4 Å². The van der Waals surface area contributed by atoms with Gasteiger partial charge in [0.25, 0.3) is 0 Å². The fraction of sp³-hybridized carbons (Fsp3) is 0.471. The second-order valence-corrected chi connectivity index (χ2v) is 7.22. The Balaban J connectivity index is 1.71. The minimum Gasteiger partial charge on any atom is -0.379 e. The molecule has 1 aromatic carbocycles. The Morgan fingerprint density at radius 1 is 1.36 bits per heavy atom. The molecule has 1 aliphatic rings. The zero-order valence-electron chi connectivity index (χ0n) is 13.0. The van der Waals surface area contributed by atoms with Gasteiger partial charge >= 0.3 is 0 Å². The minimum atomic E-state index is 0.481. The summed E-state index contributed by atoms with van der Waals surface area (Å²) in [6.07, 6.45) is 0. The van der Waals surface area contributed by atoms with Gasteiger partial charge in [0.1, 0.15) is 5.01 Å². The second-order valence-electron chi connectivity index (χ2n) is 5.75. The average molecular weight is 337 g/mol. The van der Waals surface area contributed by atoms with E-state index in [-0.39, 0.29) is 0 Å². The van der Waals surface area contributed by atoms with Crippen LogP contribution in [0, 0.1) is 6.92 Å². The molecule has 0 radical (unpaired) electrons. The van der Waals surface area contributed by atoms with E-state index in [1.165, 1.54) is 16.0 Å². The second kappa shape index (κ2) is 7.09. The minimum absolute atomic E-state index is 0.481. The Kier molecular flexibility index (Phi) is 5.14. The van der Waals surface area contributed by atoms with Crippen LogP contribution in [0.15, 0.2) is 24.3 Å². The molecule has 3 rings (SSSR count). The summed E-state index contributed by atoms with van der Waals surface area (Å²) in [5.74, 6) is 0.481. The van der Waals surface area contributed by atoms with E-state index in [9.17, 15) is 0 Å². The smallest absolute Gasteiger partial charge is 0.123 e. The molecular weight excluding hydrogens is 316 g/mol. The maximum atomic E-state index is 5.91. The molecule has 1 fully saturated rings. The lowest BCUT2D eigenvalue weighted by molar-refractivity contribution is -0.00436. The highest BCUT2D eigenvalue weighted by molar-refractivity contribution is 7.15. The Bertz CT molecular complexity index is 626. The molecule has 0 spiro atoms. The van der Waals surface area contributed by atoms with E-state index >= 15 is 0 Å². The molecule has 0 bridgehead atoms. The molecule has 0 N–H and O–H groups in total. The van der Waals surface area contributed by atoms with E-state index in [0.29, 0.717) is 11.9 Å². The molecule has 1 atom stereocenters. The lowest BCUT2D eigenvalue weighted by Gasteiger charge is -2.33. The topological polar surface area (TPSA) is 25.4 Å². The fourth-order valence-corrected chi connectivity index (χ4v) is 3.93. The van der Waals surface area contributed by atoms with E-state index in [4.69, 9.17) is 16.3 Å². The monoisotopic (exact) mass is 336 g/mol. The zero-order chi connectivity index (χ0) is 15.5. The van der Waals surface area contributed by atoms with E-state index in [0.717, 1.165) is 37.0 Å². The first kappa shape index (κ1) is 15.9. The third-order valence-corrected chi connectivity index (χ3v) is 5.43. The quantitative estimate of drug-likeness (QED) is 0.787. The van der Waals surface area contributed by atoms with Gasteiger partial charge in [-0.3, -0.25) is 4.90 Å². The molecule has 2 heterocycles. The molecule has 0 aliphatic carbocycles. The van der Waals surface area contributed by atoms with Gasteiger partial charge < -0.3 is 4.74 Å². The summed E-state index contributed by atoms with van der Waals surface area (Å²) in [5.41, 5.74) is 3.50. The van der Waals surface area contributed by atoms with Crippen molar-refractivity contribution in [2.75, 3.05) is 19.8 Å². The maximum absolute atomic E-state index is 5.91. The Hall–Kier alpha value is -0.940. The predicted molar refractivity (Wildman–Crippen MR) is 92.5 cm³/mol. The van der Waals surface area contributed by atoms with Gasteiger partial charge in [0.15, 0.2) is 0 Å². The molecule has 118 valence electrons. The molecule has 3 nitrogen and oxygen atoms in total. The fourth-order valence-electron chi connectivity index (χ4n) is 2.66. The number of alkyl halides is 1. The first-order chi connectivity index (χ1) is 10.7. The van der Waals surface area contributed by atoms with E-state index < -0.39 is 0 Å². The highest BCUT2D eigenvalue weighted by atomic mass is 35.5. The van der Waals surface area contributed by atoms with Crippen LogP contribution in [0.1, 0.15) is 23.1 Å². The molecule has 1 saturated heterocycles. The van der Waals surface area contributed by atoms with E-state index in [2.05, 4.69) is 48.0 Å². The summed E-state index contributed by atoms with van der Waals surface area (Å²) in [6.45, 7) is 7.95. The number of morpholine rings is 1. The third kappa shape index (κ3) is 3.51. The van der Waals surface area contributed by atoms with Gasteiger partial charge in [0.05, 0.1) is 24.8 Å². The highest BCUT2D eigenvalue weighted by Crippen LogP contribution is 2.28. The summed E-state index contributed by atoms with van der Waals surface area (Å²) in [7, 11) is 0. The van der Waals surface area contributed by atoms with Crippen molar-refractivity contribution >= 4 is 22.9 Å². The number of nitrogens with zero attached hydrogens (tertiary/aromatic N) is 2. The molecule has 1 aliphatic heterocycles. The summed E-state index contributed by atoms with van der Waals surface area (Å²) in [6, 6.07) is 9.22. The summed E-state index contributed by atoms with van der Waals surface area (Å²) >= 11 is 7.62. The number of thiazole rings is 1. The summed E-state index contributed by atoms with van der Waals surface area (Å²) < 4.78 is 5.49. The van der Waals surface area contributed by atoms with Crippen LogP contribution in [0.4, 0.5) is 0 Å². The van der Waals surface area contributed by atoms with Crippen molar-refractivity contribution in [3.05, 3.63) is 40.4 Å². The highest BCUT2D eigenvalue weighted by Gasteiger charge is 2.18. The molecule has 0 amide bonds. The zero-order valence-corrected chi connectivity index (χ0v) is 14.6. The number of rotatable bonds is 4. The van der Waals surface area contributed by atoms with Gasteiger partial charge in [0, 0.05) is 29.6 Å². The molecule has 22 heavy (non-hydrogen) atoms. The number of benzene rings is 1. The van der Waals surface area contributed by atoms with Crippen molar-refractivity contribution in [3.8, 4) is 10.6 Å². The van der Waals surface area contributed by atoms with Crippen LogP contribution in [0.3, 0.4) is 0 Å². The number of hydrogen-bond acceptors (Lipinski definition) is 4. The summed E-state index contributed by atoms with van der Waals surface area (Å²) in [5, 5.41) is 1.06. The number of ether oxygens (including phenoxy) is 1. The lowest BCUT2D eigenvalue weighted by atomic mass is 10.1. The molecule has 0 saturated carbocycles. The standard InChI is InChI=1S/C17H21ClN2OS/c1-12-11-21-8-7-20(12)10-14-3-5-15(6-4-14)17-19-16(9-18)13(2)22-17/h3-6,12H,7-11H2,1-2H3/t12-/m0/s1. The first-order valence-electron chi connectivity index (χ1n) is 7.60. The predicted octanol–water partition coefficient (Wildman–Crippen LogP) is 4.08. The Morgan fingerprint density at radius 3 is 2.77 bits per heavy atom. The van der Waals surface area contributed by atoms with Crippen LogP contribution >= 0.6 is 22.9 Å². The molecule has 0 unspecified atom stereocenters. The molecule has 1 aromatic heterocycles. The van der Waals surface area contributed by atoms with Crippen LogP contribution < -0.4 is 0 Å². The van der Waals surface area contributed by atoms with Crippen LogP contribution in [-0.4, -0.2) is 35.7 Å². The van der Waals surface area contributed by atoms with Crippen molar-refractivity contribution in [3.63, 3.8) is 0 Å². The van der Waals surface area contributed by atoms with Crippen LogP contribution in [0.2, 0.25) is 0 Å². The average Bonchev–Trinajstić information content (AvgIpc) is 2.91. The largest absolute Gasteiger partial charge is 0.379 e. The Morgan fingerprint density at radius 2 is 2.14 bits per heavy atom. The van der Waals surface area contributed by atoms with Crippen LogP contribution in [0.5, 0.6) is 0 Å². The number of aryl methyl sites for hydroxylation is 1. The third-order valence-electron chi connectivity index (χ3n) is 4.11. The number of aromatic nitrogens is 1. The molecule has 2 aromatic rings. The van der Waals surface area contributed by atoms with Crippen molar-refractivity contribution in [2.45, 2.75) is 32.3 Å². The van der Waals surface area contributed by atoms with Gasteiger partial charge in [0.2, 0.25) is 0 Å². The summed E-state index contributed by atoms with van der Waals surface area (Å²) in [4.78, 5) is 8.29. The van der Waals surface area contributed by atoms with E-state index in [1.54, 1.807) is 11.3 Å². The number of hydrogen-bond donors (Lipinski definition) is 0. The van der Waals surface area contributed by atoms with Gasteiger partial charge in [-0.2, -0.15) is 0 Å². The first-order valence-corrected chi connectivity index (χ1v) is 8.96. The van der Waals surface area contributed by atoms with Gasteiger partial charge in [-0.1, -0.05) is 24.3 Å². The van der Waals surface area contributed by atoms with Gasteiger partial charge in [-0.15, -0.1) is 22.9 Å². The van der Waals surface area contributed by atoms with Crippen molar-refractivity contribution in [2.24, 2.45) is 0 Å². The normalized spacial score (nSPS) is 19.5. The Labute approximate surface area is 140 Å². The maximum Gasteiger partial charge on any atom is 0.123 e. The van der Waals surface area contributed by atoms with E-state index in [1.807, 2.05) is 0 Å². The van der Waals surface area contributed by atoms with Crippen molar-refractivity contribution in [1.29, 1.82) is 0 Å². The number of halogens is 1. The van der Waals surface area contributed by atoms with Crippen molar-refractivity contribution < 1.29 is 4.74 Å². The van der Waals surface area contributed by atoms with Gasteiger partial charge in [-0.25, -0.2) is 4.98 Å². The lowest BCUT2D eigenvalue weighted by Crippen LogP contribution is -2.42. The molecule has 5 heteroatoms. The van der Waals surface area contributed by atoms with Crippen molar-refractivity contribution in [1.82, 2.24) is 9.88 Å². The molecular formula is C17H21ClN2OS. The van der Waals surface area contributed by atoms with Crippen LogP contribution in [0.25, 0.3) is 10.6 Å². The van der Waals surface area contributed by atoms with Crippen LogP contribution in [-0.2, 0) is 17.2 Å². The SMILES string of the molecule is Cc1sc(-c2ccc(CN3CCOC[C@@H]3C)cc2)nc1CCl.